The summed E-state index contributed by atoms with van der Waals surface area (Å²) in [6.45, 7) is 5.08. The molecule has 3 aliphatic rings. The maximum absolute atomic E-state index is 5.56. The third-order valence-electron chi connectivity index (χ3n) is 6.22. The fourth-order valence-electron chi connectivity index (χ4n) is 4.95. The minimum Gasteiger partial charge on any atom is -0.379 e. The summed E-state index contributed by atoms with van der Waals surface area (Å²) in [5.74, 6) is 0. The lowest BCUT2D eigenvalue weighted by Gasteiger charge is -2.46. The summed E-state index contributed by atoms with van der Waals surface area (Å²) >= 11 is 0. The molecular formula is C22H26N2O. The molecule has 2 unspecified atom stereocenters. The van der Waals surface area contributed by atoms with E-state index in [4.69, 9.17) is 4.74 Å². The van der Waals surface area contributed by atoms with E-state index in [0.29, 0.717) is 12.1 Å². The molecule has 0 aliphatic carbocycles. The number of morpholine rings is 1. The first kappa shape index (κ1) is 15.4. The smallest absolute Gasteiger partial charge is 0.0594 e. The molecule has 2 aromatic carbocycles. The van der Waals surface area contributed by atoms with E-state index < -0.39 is 0 Å². The number of fused-ring (bicyclic) bond motifs is 5. The van der Waals surface area contributed by atoms with Crippen molar-refractivity contribution < 1.29 is 4.74 Å². The van der Waals surface area contributed by atoms with E-state index in [1.807, 2.05) is 0 Å². The quantitative estimate of drug-likeness (QED) is 0.792. The first-order chi connectivity index (χ1) is 12.4. The Morgan fingerprint density at radius 1 is 0.840 bits per heavy atom. The molecule has 0 saturated carbocycles. The Bertz CT molecular complexity index is 753. The van der Waals surface area contributed by atoms with Gasteiger partial charge in [0.15, 0.2) is 0 Å². The molecule has 0 radical (unpaired) electrons. The standard InChI is InChI=1S/C22H26N2O/c1-3-7-20-17(5-1)15-18-6-2-4-8-21(18)24-16-19(9-10-22(20)24)23-11-13-25-14-12-23/h1-8,19,22H,9-16H2. The number of rotatable bonds is 1. The van der Waals surface area contributed by atoms with E-state index in [1.54, 1.807) is 5.56 Å². The predicted octanol–water partition coefficient (Wildman–Crippen LogP) is 3.63. The van der Waals surface area contributed by atoms with E-state index in [-0.39, 0.29) is 0 Å². The van der Waals surface area contributed by atoms with E-state index in [0.717, 1.165) is 39.3 Å². The Labute approximate surface area is 150 Å². The normalized spacial score (nSPS) is 26.3. The van der Waals surface area contributed by atoms with Crippen molar-refractivity contribution in [2.75, 3.05) is 37.7 Å². The lowest BCUT2D eigenvalue weighted by atomic mass is 9.89. The lowest BCUT2D eigenvalue weighted by molar-refractivity contribution is 0.0119. The molecule has 5 rings (SSSR count). The molecule has 0 aromatic heterocycles. The van der Waals surface area contributed by atoms with Crippen LogP contribution in [0.1, 0.15) is 35.6 Å². The number of nitrogens with zero attached hydrogens (tertiary/aromatic N) is 2. The number of para-hydroxylation sites is 1. The van der Waals surface area contributed by atoms with Crippen LogP contribution in [0.15, 0.2) is 48.5 Å². The van der Waals surface area contributed by atoms with Crippen LogP contribution in [0.3, 0.4) is 0 Å². The Morgan fingerprint density at radius 3 is 2.48 bits per heavy atom. The van der Waals surface area contributed by atoms with Crippen molar-refractivity contribution in [2.45, 2.75) is 31.3 Å². The van der Waals surface area contributed by atoms with Gasteiger partial charge in [-0.05, 0) is 42.0 Å². The lowest BCUT2D eigenvalue weighted by Crippen LogP contribution is -2.52. The van der Waals surface area contributed by atoms with Crippen LogP contribution < -0.4 is 4.90 Å². The topological polar surface area (TPSA) is 15.7 Å². The van der Waals surface area contributed by atoms with Crippen LogP contribution >= 0.6 is 0 Å². The number of benzene rings is 2. The zero-order valence-corrected chi connectivity index (χ0v) is 14.7. The average Bonchev–Trinajstić information content (AvgIpc) is 2.83. The van der Waals surface area contributed by atoms with Gasteiger partial charge in [0.05, 0.1) is 19.3 Å². The molecule has 3 heterocycles. The van der Waals surface area contributed by atoms with Gasteiger partial charge in [-0.2, -0.15) is 0 Å². The number of ether oxygens (including phenoxy) is 1. The highest BCUT2D eigenvalue weighted by Gasteiger charge is 2.36. The summed E-state index contributed by atoms with van der Waals surface area (Å²) < 4.78 is 5.56. The monoisotopic (exact) mass is 334 g/mol. The minimum atomic E-state index is 0.525. The molecule has 3 aliphatic heterocycles. The molecular weight excluding hydrogens is 308 g/mol. The molecule has 0 spiro atoms. The number of anilines is 1. The Morgan fingerprint density at radius 2 is 1.60 bits per heavy atom. The minimum absolute atomic E-state index is 0.525. The maximum atomic E-state index is 5.56. The molecule has 130 valence electrons. The van der Waals surface area contributed by atoms with E-state index in [2.05, 4.69) is 58.3 Å². The number of piperidine rings is 1. The second kappa shape index (κ2) is 6.47. The average molecular weight is 334 g/mol. The van der Waals surface area contributed by atoms with Gasteiger partial charge >= 0.3 is 0 Å². The highest BCUT2D eigenvalue weighted by atomic mass is 16.5. The van der Waals surface area contributed by atoms with E-state index in [1.165, 1.54) is 29.7 Å². The van der Waals surface area contributed by atoms with Crippen LogP contribution in [-0.4, -0.2) is 43.8 Å². The number of hydrogen-bond acceptors (Lipinski definition) is 3. The zero-order chi connectivity index (χ0) is 16.6. The molecule has 0 N–H and O–H groups in total. The van der Waals surface area contributed by atoms with Crippen LogP contribution in [0.25, 0.3) is 0 Å². The van der Waals surface area contributed by atoms with Gasteiger partial charge in [-0.15, -0.1) is 0 Å². The Kier molecular flexibility index (Phi) is 3.99. The van der Waals surface area contributed by atoms with Gasteiger partial charge in [-0.1, -0.05) is 42.5 Å². The summed E-state index contributed by atoms with van der Waals surface area (Å²) in [5, 5.41) is 0. The van der Waals surface area contributed by atoms with Gasteiger partial charge in [-0.25, -0.2) is 0 Å². The summed E-state index contributed by atoms with van der Waals surface area (Å²) in [6.07, 6.45) is 3.59. The van der Waals surface area contributed by atoms with Gasteiger partial charge in [0, 0.05) is 31.4 Å². The fourth-order valence-corrected chi connectivity index (χ4v) is 4.95. The van der Waals surface area contributed by atoms with Crippen molar-refractivity contribution >= 4 is 5.69 Å². The SMILES string of the molecule is c1ccc2c(c1)Cc1ccccc1N1CC(N3CCOCC3)CCC21. The number of hydrogen-bond donors (Lipinski definition) is 0. The van der Waals surface area contributed by atoms with Crippen molar-refractivity contribution in [1.82, 2.24) is 4.90 Å². The largest absolute Gasteiger partial charge is 0.379 e. The highest BCUT2D eigenvalue weighted by Crippen LogP contribution is 2.42. The molecule has 2 fully saturated rings. The highest BCUT2D eigenvalue weighted by molar-refractivity contribution is 5.60. The Balaban J connectivity index is 1.52. The third kappa shape index (κ3) is 2.76. The molecule has 2 aromatic rings. The van der Waals surface area contributed by atoms with Gasteiger partial charge < -0.3 is 9.64 Å². The summed E-state index contributed by atoms with van der Waals surface area (Å²) in [6, 6.07) is 19.3. The Hall–Kier alpha value is -1.84. The van der Waals surface area contributed by atoms with Gasteiger partial charge in [0.25, 0.3) is 0 Å². The molecule has 3 heteroatoms. The first-order valence-corrected chi connectivity index (χ1v) is 9.64. The molecule has 0 bridgehead atoms. The second-order valence-corrected chi connectivity index (χ2v) is 7.55. The predicted molar refractivity (Wildman–Crippen MR) is 101 cm³/mol. The first-order valence-electron chi connectivity index (χ1n) is 9.64. The van der Waals surface area contributed by atoms with Crippen LogP contribution in [0, 0.1) is 0 Å². The fraction of sp³-hybridized carbons (Fsp3) is 0.455. The summed E-state index contributed by atoms with van der Waals surface area (Å²) in [4.78, 5) is 5.35. The van der Waals surface area contributed by atoms with Crippen LogP contribution in [-0.2, 0) is 11.2 Å². The third-order valence-corrected chi connectivity index (χ3v) is 6.22. The van der Waals surface area contributed by atoms with Gasteiger partial charge in [0.2, 0.25) is 0 Å². The zero-order valence-electron chi connectivity index (χ0n) is 14.7. The van der Waals surface area contributed by atoms with Crippen molar-refractivity contribution in [3.05, 3.63) is 65.2 Å². The van der Waals surface area contributed by atoms with Crippen LogP contribution in [0.2, 0.25) is 0 Å². The molecule has 2 atom stereocenters. The molecule has 0 amide bonds. The van der Waals surface area contributed by atoms with Gasteiger partial charge in [0.1, 0.15) is 0 Å². The molecule has 25 heavy (non-hydrogen) atoms. The van der Waals surface area contributed by atoms with Crippen molar-refractivity contribution in [1.29, 1.82) is 0 Å². The summed E-state index contributed by atoms with van der Waals surface area (Å²) in [5.41, 5.74) is 5.97. The van der Waals surface area contributed by atoms with E-state index in [9.17, 15) is 0 Å². The second-order valence-electron chi connectivity index (χ2n) is 7.55. The van der Waals surface area contributed by atoms with Crippen LogP contribution in [0.4, 0.5) is 5.69 Å². The van der Waals surface area contributed by atoms with Crippen molar-refractivity contribution in [3.63, 3.8) is 0 Å². The van der Waals surface area contributed by atoms with Crippen molar-refractivity contribution in [3.8, 4) is 0 Å². The van der Waals surface area contributed by atoms with Gasteiger partial charge in [-0.3, -0.25) is 4.90 Å². The van der Waals surface area contributed by atoms with E-state index >= 15 is 0 Å². The van der Waals surface area contributed by atoms with Crippen LogP contribution in [0.5, 0.6) is 0 Å². The van der Waals surface area contributed by atoms with Crippen molar-refractivity contribution in [2.24, 2.45) is 0 Å². The molecule has 2 saturated heterocycles. The molecule has 3 nitrogen and oxygen atoms in total. The summed E-state index contributed by atoms with van der Waals surface area (Å²) in [7, 11) is 0. The maximum Gasteiger partial charge on any atom is 0.0594 e.